The van der Waals surface area contributed by atoms with E-state index in [4.69, 9.17) is 4.74 Å². The fraction of sp³-hybridized carbons (Fsp3) is 0.300. The molecule has 1 aromatic rings. The SMILES string of the molecule is CCOc1ccccc1OC(F)(F)C(=O)NN. The molecule has 94 valence electrons. The number of nitrogens with one attached hydrogen (secondary N) is 1. The first-order valence-corrected chi connectivity index (χ1v) is 4.81. The number of carbonyl (C=O) groups excluding carboxylic acids is 1. The Kier molecular flexibility index (Phi) is 4.22. The van der Waals surface area contributed by atoms with Crippen LogP contribution in [0.25, 0.3) is 0 Å². The molecule has 0 bridgehead atoms. The molecule has 0 saturated heterocycles. The molecule has 0 aliphatic carbocycles. The van der Waals surface area contributed by atoms with Crippen LogP contribution in [0.1, 0.15) is 6.92 Å². The highest BCUT2D eigenvalue weighted by Crippen LogP contribution is 2.31. The average Bonchev–Trinajstić information content (AvgIpc) is 2.30. The van der Waals surface area contributed by atoms with Gasteiger partial charge in [0.25, 0.3) is 0 Å². The molecule has 1 rings (SSSR count). The number of rotatable bonds is 5. The summed E-state index contributed by atoms with van der Waals surface area (Å²) in [6, 6.07) is 5.80. The maximum absolute atomic E-state index is 13.2. The molecule has 0 heterocycles. The lowest BCUT2D eigenvalue weighted by atomic mass is 10.3. The summed E-state index contributed by atoms with van der Waals surface area (Å²) in [6.07, 6.45) is -4.05. The molecule has 0 saturated carbocycles. The lowest BCUT2D eigenvalue weighted by Gasteiger charge is -2.17. The van der Waals surface area contributed by atoms with Gasteiger partial charge in [-0.15, -0.1) is 0 Å². The van der Waals surface area contributed by atoms with Crippen LogP contribution in [0, 0.1) is 0 Å². The maximum Gasteiger partial charge on any atom is 0.483 e. The maximum atomic E-state index is 13.2. The van der Waals surface area contributed by atoms with E-state index in [1.807, 2.05) is 0 Å². The summed E-state index contributed by atoms with van der Waals surface area (Å²) in [4.78, 5) is 10.8. The molecular weight excluding hydrogens is 234 g/mol. The van der Waals surface area contributed by atoms with E-state index in [1.54, 1.807) is 13.0 Å². The number of hydrazine groups is 1. The highest BCUT2D eigenvalue weighted by Gasteiger charge is 2.42. The Morgan fingerprint density at radius 3 is 2.53 bits per heavy atom. The number of carbonyl (C=O) groups is 1. The number of alkyl halides is 2. The first kappa shape index (κ1) is 13.2. The lowest BCUT2D eigenvalue weighted by molar-refractivity contribution is -0.193. The summed E-state index contributed by atoms with van der Waals surface area (Å²) >= 11 is 0. The van der Waals surface area contributed by atoms with E-state index in [0.717, 1.165) is 0 Å². The highest BCUT2D eigenvalue weighted by atomic mass is 19.3. The van der Waals surface area contributed by atoms with Gasteiger partial charge in [0, 0.05) is 0 Å². The monoisotopic (exact) mass is 246 g/mol. The number of hydrogen-bond donors (Lipinski definition) is 2. The third kappa shape index (κ3) is 3.28. The van der Waals surface area contributed by atoms with Crippen LogP contribution in [0.4, 0.5) is 8.78 Å². The summed E-state index contributed by atoms with van der Waals surface area (Å²) in [5, 5.41) is 0. The van der Waals surface area contributed by atoms with Crippen molar-refractivity contribution >= 4 is 5.91 Å². The number of amides is 1. The van der Waals surface area contributed by atoms with E-state index in [2.05, 4.69) is 10.6 Å². The molecular formula is C10H12F2N2O3. The third-order valence-corrected chi connectivity index (χ3v) is 1.78. The number of benzene rings is 1. The topological polar surface area (TPSA) is 73.6 Å². The van der Waals surface area contributed by atoms with E-state index in [0.29, 0.717) is 0 Å². The number of halogens is 2. The molecule has 1 aromatic carbocycles. The fourth-order valence-corrected chi connectivity index (χ4v) is 1.08. The largest absolute Gasteiger partial charge is 0.490 e. The second-order valence-electron chi connectivity index (χ2n) is 2.97. The minimum Gasteiger partial charge on any atom is -0.490 e. The first-order valence-electron chi connectivity index (χ1n) is 4.81. The molecule has 5 nitrogen and oxygen atoms in total. The van der Waals surface area contributed by atoms with Crippen molar-refractivity contribution in [1.82, 2.24) is 5.43 Å². The van der Waals surface area contributed by atoms with Crippen molar-refractivity contribution in [3.63, 3.8) is 0 Å². The predicted octanol–water partition coefficient (Wildman–Crippen LogP) is 1.05. The van der Waals surface area contributed by atoms with Gasteiger partial charge in [0.2, 0.25) is 0 Å². The summed E-state index contributed by atoms with van der Waals surface area (Å²) in [5.74, 6) is 2.78. The second kappa shape index (κ2) is 5.44. The van der Waals surface area contributed by atoms with Crippen LogP contribution in [-0.4, -0.2) is 18.6 Å². The third-order valence-electron chi connectivity index (χ3n) is 1.78. The van der Waals surface area contributed by atoms with Gasteiger partial charge in [0.1, 0.15) is 0 Å². The van der Waals surface area contributed by atoms with Gasteiger partial charge in [-0.3, -0.25) is 10.2 Å². The minimum atomic E-state index is -4.05. The van der Waals surface area contributed by atoms with Gasteiger partial charge < -0.3 is 9.47 Å². The van der Waals surface area contributed by atoms with E-state index in [-0.39, 0.29) is 18.1 Å². The minimum absolute atomic E-state index is 0.125. The van der Waals surface area contributed by atoms with Crippen LogP contribution in [0.3, 0.4) is 0 Å². The Balaban J connectivity index is 2.90. The van der Waals surface area contributed by atoms with Gasteiger partial charge in [0.05, 0.1) is 6.61 Å². The number of hydrogen-bond acceptors (Lipinski definition) is 4. The summed E-state index contributed by atoms with van der Waals surface area (Å²) in [6.45, 7) is 1.98. The molecule has 0 fully saturated rings. The molecule has 0 aromatic heterocycles. The van der Waals surface area contributed by atoms with Crippen LogP contribution < -0.4 is 20.7 Å². The van der Waals surface area contributed by atoms with E-state index >= 15 is 0 Å². The van der Waals surface area contributed by atoms with Gasteiger partial charge >= 0.3 is 12.0 Å². The van der Waals surface area contributed by atoms with Crippen LogP contribution in [0.5, 0.6) is 11.5 Å². The van der Waals surface area contributed by atoms with Crippen LogP contribution in [-0.2, 0) is 4.79 Å². The molecule has 0 atom stereocenters. The van der Waals surface area contributed by atoms with Crippen LogP contribution in [0.15, 0.2) is 24.3 Å². The van der Waals surface area contributed by atoms with Gasteiger partial charge in [-0.05, 0) is 19.1 Å². The van der Waals surface area contributed by atoms with Gasteiger partial charge in [-0.2, -0.15) is 8.78 Å². The van der Waals surface area contributed by atoms with Crippen molar-refractivity contribution in [2.45, 2.75) is 13.0 Å². The van der Waals surface area contributed by atoms with Crippen molar-refractivity contribution in [2.75, 3.05) is 6.61 Å². The molecule has 0 aliphatic heterocycles. The predicted molar refractivity (Wildman–Crippen MR) is 55.5 cm³/mol. The van der Waals surface area contributed by atoms with Crippen molar-refractivity contribution in [3.8, 4) is 11.5 Å². The standard InChI is InChI=1S/C10H12F2N2O3/c1-2-16-7-5-3-4-6-8(7)17-10(11,12)9(15)14-13/h3-6H,2,13H2,1H3,(H,14,15). The molecule has 17 heavy (non-hydrogen) atoms. The van der Waals surface area contributed by atoms with Crippen LogP contribution >= 0.6 is 0 Å². The Bertz CT molecular complexity index is 399. The molecule has 0 radical (unpaired) electrons. The Morgan fingerprint density at radius 2 is 2.00 bits per heavy atom. The van der Waals surface area contributed by atoms with Crippen molar-refractivity contribution < 1.29 is 23.0 Å². The van der Waals surface area contributed by atoms with Crippen molar-refractivity contribution in [1.29, 1.82) is 0 Å². The molecule has 1 amide bonds. The normalized spacial score (nSPS) is 10.8. The smallest absolute Gasteiger partial charge is 0.483 e. The van der Waals surface area contributed by atoms with Gasteiger partial charge in [-0.1, -0.05) is 12.1 Å². The summed E-state index contributed by atoms with van der Waals surface area (Å²) < 4.78 is 35.7. The lowest BCUT2D eigenvalue weighted by Crippen LogP contribution is -2.47. The van der Waals surface area contributed by atoms with Crippen molar-refractivity contribution in [3.05, 3.63) is 24.3 Å². The van der Waals surface area contributed by atoms with Gasteiger partial charge in [-0.25, -0.2) is 5.84 Å². The van der Waals surface area contributed by atoms with E-state index in [9.17, 15) is 13.6 Å². The zero-order valence-electron chi connectivity index (χ0n) is 9.07. The van der Waals surface area contributed by atoms with E-state index < -0.39 is 12.0 Å². The van der Waals surface area contributed by atoms with Gasteiger partial charge in [0.15, 0.2) is 11.5 Å². The quantitative estimate of drug-likeness (QED) is 0.462. The highest BCUT2D eigenvalue weighted by molar-refractivity contribution is 5.81. The summed E-state index contributed by atoms with van der Waals surface area (Å²) in [5.41, 5.74) is 1.32. The van der Waals surface area contributed by atoms with Crippen LogP contribution in [0.2, 0.25) is 0 Å². The zero-order valence-corrected chi connectivity index (χ0v) is 9.07. The summed E-state index contributed by atoms with van der Waals surface area (Å²) in [7, 11) is 0. The Hall–Kier alpha value is -1.89. The first-order chi connectivity index (χ1) is 8.01. The number of nitrogens with two attached hydrogens (primary N) is 1. The second-order valence-corrected chi connectivity index (χ2v) is 2.97. The average molecular weight is 246 g/mol. The number of ether oxygens (including phenoxy) is 2. The number of para-hydroxylation sites is 2. The molecule has 3 N–H and O–H groups in total. The van der Waals surface area contributed by atoms with E-state index in [1.165, 1.54) is 23.6 Å². The fourth-order valence-electron chi connectivity index (χ4n) is 1.08. The Labute approximate surface area is 96.5 Å². The molecule has 0 spiro atoms. The molecule has 0 aliphatic rings. The zero-order chi connectivity index (χ0) is 12.9. The van der Waals surface area contributed by atoms with Crippen molar-refractivity contribution in [2.24, 2.45) is 5.84 Å². The molecule has 0 unspecified atom stereocenters. The molecule has 7 heteroatoms. The Morgan fingerprint density at radius 1 is 1.41 bits per heavy atom.